The molecule has 2 aromatic carbocycles. The fourth-order valence-electron chi connectivity index (χ4n) is 1.67. The van der Waals surface area contributed by atoms with Gasteiger partial charge in [-0.25, -0.2) is 8.78 Å². The number of aliphatic hydroxyl groups excluding tert-OH is 1. The van der Waals surface area contributed by atoms with Crippen LogP contribution < -0.4 is 10.1 Å². The Labute approximate surface area is 126 Å². The second-order valence-electron chi connectivity index (χ2n) is 4.46. The number of halogens is 3. The van der Waals surface area contributed by atoms with Gasteiger partial charge in [-0.15, -0.1) is 0 Å². The smallest absolute Gasteiger partial charge is 0.128 e. The van der Waals surface area contributed by atoms with E-state index in [0.717, 1.165) is 18.2 Å². The first-order valence-electron chi connectivity index (χ1n) is 6.29. The predicted molar refractivity (Wildman–Crippen MR) is 77.8 cm³/mol. The largest absolute Gasteiger partial charge is 0.491 e. The first-order valence-corrected chi connectivity index (χ1v) is 6.67. The van der Waals surface area contributed by atoms with Crippen LogP contribution in [0.1, 0.15) is 0 Å². The average Bonchev–Trinajstić information content (AvgIpc) is 2.43. The Kier molecular flexibility index (Phi) is 5.36. The molecule has 2 aromatic rings. The van der Waals surface area contributed by atoms with Crippen LogP contribution in [0.15, 0.2) is 42.5 Å². The summed E-state index contributed by atoms with van der Waals surface area (Å²) in [6.07, 6.45) is -0.827. The van der Waals surface area contributed by atoms with E-state index in [1.807, 2.05) is 0 Å². The van der Waals surface area contributed by atoms with E-state index in [1.54, 1.807) is 24.3 Å². The molecule has 6 heteroatoms. The Morgan fingerprint density at radius 1 is 1.10 bits per heavy atom. The molecule has 0 aliphatic heterocycles. The van der Waals surface area contributed by atoms with E-state index in [1.165, 1.54) is 0 Å². The molecule has 2 rings (SSSR count). The third kappa shape index (κ3) is 5.21. The van der Waals surface area contributed by atoms with Crippen molar-refractivity contribution in [1.82, 2.24) is 0 Å². The number of aliphatic hydroxyl groups is 1. The SMILES string of the molecule is OC(CNc1cc(F)cc(F)c1)COc1ccc(Cl)cc1. The highest BCUT2D eigenvalue weighted by Gasteiger charge is 2.07. The molecule has 0 saturated heterocycles. The van der Waals surface area contributed by atoms with E-state index in [-0.39, 0.29) is 18.8 Å². The van der Waals surface area contributed by atoms with Crippen molar-refractivity contribution in [2.75, 3.05) is 18.5 Å². The number of hydrogen-bond donors (Lipinski definition) is 2. The number of rotatable bonds is 6. The van der Waals surface area contributed by atoms with Crippen molar-refractivity contribution in [2.45, 2.75) is 6.10 Å². The molecule has 0 heterocycles. The first-order chi connectivity index (χ1) is 10.0. The number of nitrogens with one attached hydrogen (secondary N) is 1. The lowest BCUT2D eigenvalue weighted by molar-refractivity contribution is 0.117. The molecule has 0 spiro atoms. The van der Waals surface area contributed by atoms with Crippen molar-refractivity contribution in [3.63, 3.8) is 0 Å². The summed E-state index contributed by atoms with van der Waals surface area (Å²) in [7, 11) is 0. The van der Waals surface area contributed by atoms with Crippen LogP contribution in [0.4, 0.5) is 14.5 Å². The zero-order valence-electron chi connectivity index (χ0n) is 11.0. The van der Waals surface area contributed by atoms with E-state index in [4.69, 9.17) is 16.3 Å². The molecule has 0 amide bonds. The normalized spacial score (nSPS) is 12.0. The van der Waals surface area contributed by atoms with Crippen LogP contribution in [0.25, 0.3) is 0 Å². The summed E-state index contributed by atoms with van der Waals surface area (Å²) in [6.45, 7) is 0.156. The molecule has 3 nitrogen and oxygen atoms in total. The molecule has 0 radical (unpaired) electrons. The van der Waals surface area contributed by atoms with Gasteiger partial charge in [-0.3, -0.25) is 0 Å². The van der Waals surface area contributed by atoms with Crippen LogP contribution in [0.5, 0.6) is 5.75 Å². The topological polar surface area (TPSA) is 41.5 Å². The summed E-state index contributed by atoms with van der Waals surface area (Å²) < 4.78 is 31.3. The second-order valence-corrected chi connectivity index (χ2v) is 4.89. The van der Waals surface area contributed by atoms with Gasteiger partial charge < -0.3 is 15.2 Å². The van der Waals surface area contributed by atoms with Crippen molar-refractivity contribution in [3.8, 4) is 5.75 Å². The summed E-state index contributed by atoms with van der Waals surface area (Å²) in [5, 5.41) is 13.1. The molecule has 1 unspecified atom stereocenters. The zero-order valence-corrected chi connectivity index (χ0v) is 11.8. The van der Waals surface area contributed by atoms with Gasteiger partial charge >= 0.3 is 0 Å². The lowest BCUT2D eigenvalue weighted by Gasteiger charge is -2.14. The van der Waals surface area contributed by atoms with Gasteiger partial charge in [-0.05, 0) is 36.4 Å². The van der Waals surface area contributed by atoms with Crippen LogP contribution in [0.2, 0.25) is 5.02 Å². The summed E-state index contributed by atoms with van der Waals surface area (Å²) in [6, 6.07) is 9.81. The van der Waals surface area contributed by atoms with E-state index >= 15 is 0 Å². The Morgan fingerprint density at radius 2 is 1.71 bits per heavy atom. The molecule has 0 fully saturated rings. The minimum Gasteiger partial charge on any atom is -0.491 e. The van der Waals surface area contributed by atoms with Gasteiger partial charge in [0.1, 0.15) is 30.1 Å². The molecule has 0 aliphatic carbocycles. The molecular weight excluding hydrogens is 300 g/mol. The standard InChI is InChI=1S/C15H14ClF2NO2/c16-10-1-3-15(4-2-10)21-9-14(20)8-19-13-6-11(17)5-12(18)7-13/h1-7,14,19-20H,8-9H2. The van der Waals surface area contributed by atoms with Crippen LogP contribution in [0, 0.1) is 11.6 Å². The first kappa shape index (κ1) is 15.5. The number of anilines is 1. The van der Waals surface area contributed by atoms with Gasteiger partial charge in [-0.2, -0.15) is 0 Å². The monoisotopic (exact) mass is 313 g/mol. The fourth-order valence-corrected chi connectivity index (χ4v) is 1.80. The van der Waals surface area contributed by atoms with Gasteiger partial charge in [0.2, 0.25) is 0 Å². The van der Waals surface area contributed by atoms with Crippen LogP contribution in [-0.4, -0.2) is 24.4 Å². The molecule has 0 aliphatic rings. The lowest BCUT2D eigenvalue weighted by atomic mass is 10.3. The zero-order chi connectivity index (χ0) is 15.2. The van der Waals surface area contributed by atoms with E-state index in [9.17, 15) is 13.9 Å². The maximum absolute atomic E-state index is 13.0. The summed E-state index contributed by atoms with van der Waals surface area (Å²) in [4.78, 5) is 0. The van der Waals surface area contributed by atoms with E-state index in [2.05, 4.69) is 5.32 Å². The minimum absolute atomic E-state index is 0.0480. The quantitative estimate of drug-likeness (QED) is 0.858. The fraction of sp³-hybridized carbons (Fsp3) is 0.200. The van der Waals surface area contributed by atoms with Crippen molar-refractivity contribution in [1.29, 1.82) is 0 Å². The Balaban J connectivity index is 1.79. The highest BCUT2D eigenvalue weighted by atomic mass is 35.5. The maximum atomic E-state index is 13.0. The maximum Gasteiger partial charge on any atom is 0.128 e. The molecular formula is C15H14ClF2NO2. The Hall–Kier alpha value is -1.85. The molecule has 21 heavy (non-hydrogen) atoms. The molecule has 0 aromatic heterocycles. The summed E-state index contributed by atoms with van der Waals surface area (Å²) in [5.41, 5.74) is 0.262. The van der Waals surface area contributed by atoms with Crippen molar-refractivity contribution in [2.24, 2.45) is 0 Å². The number of hydrogen-bond acceptors (Lipinski definition) is 3. The molecule has 112 valence electrons. The van der Waals surface area contributed by atoms with Crippen LogP contribution in [0.3, 0.4) is 0 Å². The van der Waals surface area contributed by atoms with Gasteiger partial charge in [-0.1, -0.05) is 11.6 Å². The molecule has 2 N–H and O–H groups in total. The van der Waals surface area contributed by atoms with Gasteiger partial charge in [0, 0.05) is 23.3 Å². The molecule has 0 bridgehead atoms. The summed E-state index contributed by atoms with van der Waals surface area (Å²) >= 11 is 5.74. The Morgan fingerprint density at radius 3 is 2.33 bits per heavy atom. The minimum atomic E-state index is -0.827. The van der Waals surface area contributed by atoms with Crippen LogP contribution >= 0.6 is 11.6 Å². The van der Waals surface area contributed by atoms with Crippen molar-refractivity contribution < 1.29 is 18.6 Å². The molecule has 1 atom stereocenters. The third-order valence-electron chi connectivity index (χ3n) is 2.66. The van der Waals surface area contributed by atoms with Gasteiger partial charge in [0.15, 0.2) is 0 Å². The van der Waals surface area contributed by atoms with Crippen molar-refractivity contribution >= 4 is 17.3 Å². The van der Waals surface area contributed by atoms with Crippen LogP contribution in [-0.2, 0) is 0 Å². The second kappa shape index (κ2) is 7.24. The predicted octanol–water partition coefficient (Wildman–Crippen LogP) is 3.47. The van der Waals surface area contributed by atoms with Gasteiger partial charge in [0.25, 0.3) is 0 Å². The number of benzene rings is 2. The van der Waals surface area contributed by atoms with E-state index in [0.29, 0.717) is 10.8 Å². The highest BCUT2D eigenvalue weighted by molar-refractivity contribution is 6.30. The Bertz CT molecular complexity index is 572. The average molecular weight is 314 g/mol. The third-order valence-corrected chi connectivity index (χ3v) is 2.91. The highest BCUT2D eigenvalue weighted by Crippen LogP contribution is 2.16. The van der Waals surface area contributed by atoms with E-state index < -0.39 is 17.7 Å². The lowest BCUT2D eigenvalue weighted by Crippen LogP contribution is -2.26. The summed E-state index contributed by atoms with van der Waals surface area (Å²) in [5.74, 6) is -0.774. The molecule has 0 saturated carbocycles. The van der Waals surface area contributed by atoms with Gasteiger partial charge in [0.05, 0.1) is 0 Å². The van der Waals surface area contributed by atoms with Crippen molar-refractivity contribution in [3.05, 3.63) is 59.1 Å². The number of ether oxygens (including phenoxy) is 1.